The number of thiocarbonyl (C=S) groups is 1. The maximum atomic E-state index is 13.0. The number of ether oxygens (including phenoxy) is 4. The van der Waals surface area contributed by atoms with Crippen molar-refractivity contribution in [3.63, 3.8) is 0 Å². The number of nitrogens with zero attached hydrogens (tertiary/aromatic N) is 1. The number of aromatic nitrogens is 1. The number of hydrogen-bond acceptors (Lipinski definition) is 6. The molecule has 210 valence electrons. The van der Waals surface area contributed by atoms with Crippen LogP contribution in [0.2, 0.25) is 0 Å². The Morgan fingerprint density at radius 2 is 1.57 bits per heavy atom. The molecule has 0 aliphatic rings. The number of H-pyrrole nitrogens is 1. The first kappa shape index (κ1) is 28.8. The first-order valence-corrected chi connectivity index (χ1v) is 13.5. The molecule has 0 saturated heterocycles. The summed E-state index contributed by atoms with van der Waals surface area (Å²) in [5, 5.41) is 4.83. The lowest BCUT2D eigenvalue weighted by Gasteiger charge is -2.26. The molecule has 9 heteroatoms. The molecule has 0 unspecified atom stereocenters. The van der Waals surface area contributed by atoms with Gasteiger partial charge >= 0.3 is 0 Å². The van der Waals surface area contributed by atoms with Crippen LogP contribution in [-0.4, -0.2) is 49.5 Å². The number of nitrogens with one attached hydrogen (secondary N) is 2. The molecule has 8 nitrogen and oxygen atoms in total. The Bertz CT molecular complexity index is 1500. The van der Waals surface area contributed by atoms with Gasteiger partial charge in [-0.15, -0.1) is 0 Å². The first-order valence-electron chi connectivity index (χ1n) is 13.1. The van der Waals surface area contributed by atoms with Crippen molar-refractivity contribution in [3.8, 4) is 23.0 Å². The number of methoxy groups -OCH3 is 3. The van der Waals surface area contributed by atoms with Crippen molar-refractivity contribution in [2.24, 2.45) is 0 Å². The third-order valence-corrected chi connectivity index (χ3v) is 6.92. The zero-order valence-corrected chi connectivity index (χ0v) is 24.1. The fraction of sp³-hybridized carbons (Fsp3) is 0.290. The second-order valence-electron chi connectivity index (χ2n) is 9.18. The Hall–Kier alpha value is -4.24. The molecule has 4 aromatic rings. The van der Waals surface area contributed by atoms with Gasteiger partial charge in [0.25, 0.3) is 5.56 Å². The van der Waals surface area contributed by atoms with Crippen LogP contribution in [0.3, 0.4) is 0 Å². The molecular formula is C31H35N3O5S. The van der Waals surface area contributed by atoms with E-state index < -0.39 is 0 Å². The third kappa shape index (κ3) is 7.24. The monoisotopic (exact) mass is 561 g/mol. The molecule has 4 rings (SSSR count). The summed E-state index contributed by atoms with van der Waals surface area (Å²) in [6, 6.07) is 21.2. The normalized spacial score (nSPS) is 10.7. The number of aromatic amines is 1. The predicted octanol–water partition coefficient (Wildman–Crippen LogP) is 5.07. The number of fused-ring (bicyclic) bond motifs is 1. The number of pyridine rings is 1. The Morgan fingerprint density at radius 3 is 2.27 bits per heavy atom. The van der Waals surface area contributed by atoms with Crippen LogP contribution in [0.4, 0.5) is 0 Å². The molecule has 0 spiro atoms. The van der Waals surface area contributed by atoms with E-state index in [1.807, 2.05) is 78.6 Å². The minimum Gasteiger partial charge on any atom is -0.497 e. The van der Waals surface area contributed by atoms with E-state index in [4.69, 9.17) is 31.2 Å². The first-order chi connectivity index (χ1) is 19.4. The summed E-state index contributed by atoms with van der Waals surface area (Å²) < 4.78 is 21.7. The summed E-state index contributed by atoms with van der Waals surface area (Å²) in [7, 11) is 4.88. The highest BCUT2D eigenvalue weighted by molar-refractivity contribution is 7.80. The van der Waals surface area contributed by atoms with Crippen molar-refractivity contribution in [3.05, 3.63) is 93.8 Å². The molecule has 0 bridgehead atoms. The minimum absolute atomic E-state index is 0.149. The van der Waals surface area contributed by atoms with E-state index in [9.17, 15) is 4.79 Å². The van der Waals surface area contributed by atoms with Gasteiger partial charge in [-0.2, -0.15) is 0 Å². The Balaban J connectivity index is 1.53. The Morgan fingerprint density at radius 1 is 0.850 bits per heavy atom. The predicted molar refractivity (Wildman–Crippen MR) is 162 cm³/mol. The van der Waals surface area contributed by atoms with Gasteiger partial charge in [0.2, 0.25) is 0 Å². The standard InChI is InChI=1S/C31H35N3O5S/c1-5-39-26-11-12-27-23(18-26)17-24(30(35)33-27)20-34(19-22-6-9-25(36-2)10-7-22)31(40)32-15-14-21-8-13-28(37-3)29(16-21)38-4/h6-13,16-18H,5,14-15,19-20H2,1-4H3,(H,32,40)(H,33,35). The van der Waals surface area contributed by atoms with Crippen molar-refractivity contribution in [2.45, 2.75) is 26.4 Å². The molecule has 0 radical (unpaired) electrons. The molecular weight excluding hydrogens is 526 g/mol. The molecule has 0 aliphatic carbocycles. The fourth-order valence-corrected chi connectivity index (χ4v) is 4.65. The average molecular weight is 562 g/mol. The lowest BCUT2D eigenvalue weighted by Crippen LogP contribution is -2.40. The van der Waals surface area contributed by atoms with Gasteiger partial charge in [0.05, 0.1) is 34.5 Å². The van der Waals surface area contributed by atoms with Gasteiger partial charge in [-0.05, 0) is 85.2 Å². The van der Waals surface area contributed by atoms with E-state index in [0.717, 1.165) is 39.9 Å². The Kier molecular flexibility index (Phi) is 9.86. The molecule has 2 N–H and O–H groups in total. The molecule has 40 heavy (non-hydrogen) atoms. The van der Waals surface area contributed by atoms with E-state index in [0.29, 0.717) is 48.4 Å². The molecule has 1 aromatic heterocycles. The van der Waals surface area contributed by atoms with E-state index >= 15 is 0 Å². The lowest BCUT2D eigenvalue weighted by atomic mass is 10.1. The fourth-order valence-electron chi connectivity index (χ4n) is 4.42. The summed E-state index contributed by atoms with van der Waals surface area (Å²) in [4.78, 5) is 18.0. The Labute approximate surface area is 239 Å². The maximum absolute atomic E-state index is 13.0. The summed E-state index contributed by atoms with van der Waals surface area (Å²) >= 11 is 5.83. The second-order valence-corrected chi connectivity index (χ2v) is 9.57. The molecule has 0 atom stereocenters. The highest BCUT2D eigenvalue weighted by Gasteiger charge is 2.15. The van der Waals surface area contributed by atoms with Crippen molar-refractivity contribution in [1.29, 1.82) is 0 Å². The van der Waals surface area contributed by atoms with Crippen molar-refractivity contribution in [2.75, 3.05) is 34.5 Å². The molecule has 0 fully saturated rings. The highest BCUT2D eigenvalue weighted by atomic mass is 32.1. The summed E-state index contributed by atoms with van der Waals surface area (Å²) in [5.74, 6) is 2.92. The summed E-state index contributed by atoms with van der Waals surface area (Å²) in [6.07, 6.45) is 0.730. The van der Waals surface area contributed by atoms with E-state index in [2.05, 4.69) is 10.3 Å². The topological polar surface area (TPSA) is 85.1 Å². The highest BCUT2D eigenvalue weighted by Crippen LogP contribution is 2.27. The van der Waals surface area contributed by atoms with Crippen LogP contribution in [0, 0.1) is 0 Å². The van der Waals surface area contributed by atoms with Crippen LogP contribution < -0.4 is 29.8 Å². The van der Waals surface area contributed by atoms with Crippen molar-refractivity contribution >= 4 is 28.2 Å². The van der Waals surface area contributed by atoms with Gasteiger partial charge in [0, 0.05) is 29.6 Å². The SMILES string of the molecule is CCOc1ccc2[nH]c(=O)c(CN(Cc3ccc(OC)cc3)C(=S)NCCc3ccc(OC)c(OC)c3)cc2c1. The molecule has 0 aliphatic heterocycles. The quantitative estimate of drug-likeness (QED) is 0.232. The van der Waals surface area contributed by atoms with Gasteiger partial charge in [0.15, 0.2) is 16.6 Å². The van der Waals surface area contributed by atoms with Gasteiger partial charge < -0.3 is 34.1 Å². The van der Waals surface area contributed by atoms with Gasteiger partial charge in [0.1, 0.15) is 11.5 Å². The van der Waals surface area contributed by atoms with Gasteiger partial charge in [-0.1, -0.05) is 18.2 Å². The van der Waals surface area contributed by atoms with Crippen LogP contribution in [0.5, 0.6) is 23.0 Å². The molecule has 3 aromatic carbocycles. The van der Waals surface area contributed by atoms with Crippen LogP contribution in [0.1, 0.15) is 23.6 Å². The molecule has 0 saturated carbocycles. The van der Waals surface area contributed by atoms with E-state index in [1.165, 1.54) is 0 Å². The summed E-state index contributed by atoms with van der Waals surface area (Å²) in [6.45, 7) is 3.97. The van der Waals surface area contributed by atoms with Crippen LogP contribution >= 0.6 is 12.2 Å². The average Bonchev–Trinajstić information content (AvgIpc) is 2.97. The van der Waals surface area contributed by atoms with Crippen molar-refractivity contribution in [1.82, 2.24) is 15.2 Å². The van der Waals surface area contributed by atoms with Crippen LogP contribution in [0.15, 0.2) is 71.5 Å². The largest absolute Gasteiger partial charge is 0.497 e. The number of hydrogen-bond donors (Lipinski definition) is 2. The zero-order chi connectivity index (χ0) is 28.5. The van der Waals surface area contributed by atoms with Gasteiger partial charge in [-0.25, -0.2) is 0 Å². The van der Waals surface area contributed by atoms with E-state index in [-0.39, 0.29) is 5.56 Å². The zero-order valence-electron chi connectivity index (χ0n) is 23.3. The van der Waals surface area contributed by atoms with Crippen LogP contribution in [-0.2, 0) is 19.5 Å². The molecule has 0 amide bonds. The summed E-state index contributed by atoms with van der Waals surface area (Å²) in [5.41, 5.74) is 3.35. The van der Waals surface area contributed by atoms with Crippen LogP contribution in [0.25, 0.3) is 10.9 Å². The number of benzene rings is 3. The van der Waals surface area contributed by atoms with E-state index in [1.54, 1.807) is 21.3 Å². The van der Waals surface area contributed by atoms with Gasteiger partial charge in [-0.3, -0.25) is 4.79 Å². The maximum Gasteiger partial charge on any atom is 0.253 e. The second kappa shape index (κ2) is 13.7. The smallest absolute Gasteiger partial charge is 0.253 e. The third-order valence-electron chi connectivity index (χ3n) is 6.52. The van der Waals surface area contributed by atoms with Crippen molar-refractivity contribution < 1.29 is 18.9 Å². The lowest BCUT2D eigenvalue weighted by molar-refractivity contribution is 0.340. The minimum atomic E-state index is -0.149. The number of rotatable bonds is 12. The molecule has 1 heterocycles.